The van der Waals surface area contributed by atoms with Crippen LogP contribution in [0.25, 0.3) is 0 Å². The van der Waals surface area contributed by atoms with E-state index in [1.165, 1.54) is 6.42 Å². The number of ether oxygens (including phenoxy) is 1. The summed E-state index contributed by atoms with van der Waals surface area (Å²) in [4.78, 5) is 13.0. The van der Waals surface area contributed by atoms with Crippen molar-refractivity contribution < 1.29 is 9.53 Å². The van der Waals surface area contributed by atoms with Crippen LogP contribution in [0.4, 0.5) is 0 Å². The number of primary amides is 1. The summed E-state index contributed by atoms with van der Waals surface area (Å²) in [6, 6.07) is 0.446. The third kappa shape index (κ3) is 1.84. The van der Waals surface area contributed by atoms with Crippen LogP contribution in [-0.4, -0.2) is 43.2 Å². The molecule has 0 aromatic carbocycles. The summed E-state index contributed by atoms with van der Waals surface area (Å²) in [6.45, 7) is 3.02. The van der Waals surface area contributed by atoms with Gasteiger partial charge in [-0.05, 0) is 19.4 Å². The number of fused-ring (bicyclic) bond motifs is 1. The minimum Gasteiger partial charge on any atom is -0.379 e. The quantitative estimate of drug-likeness (QED) is 0.634. The lowest BCUT2D eigenvalue weighted by Crippen LogP contribution is -2.48. The Morgan fingerprint density at radius 3 is 3.15 bits per heavy atom. The van der Waals surface area contributed by atoms with Crippen molar-refractivity contribution in [2.45, 2.75) is 18.9 Å². The molecule has 4 nitrogen and oxygen atoms in total. The van der Waals surface area contributed by atoms with Crippen LogP contribution in [0.1, 0.15) is 12.8 Å². The standard InChI is InChI=1S/C9H16N2O2/c10-9(12)4-11-3-1-2-7-5-13-6-8(7)11/h7-8H,1-6H2,(H2,10,12)/t7-,8+/m0/s1. The van der Waals surface area contributed by atoms with E-state index in [0.29, 0.717) is 18.5 Å². The van der Waals surface area contributed by atoms with E-state index in [1.54, 1.807) is 0 Å². The van der Waals surface area contributed by atoms with Gasteiger partial charge in [-0.25, -0.2) is 0 Å². The third-order valence-electron chi connectivity index (χ3n) is 3.01. The van der Waals surface area contributed by atoms with Crippen LogP contribution in [0.5, 0.6) is 0 Å². The maximum atomic E-state index is 10.8. The Hall–Kier alpha value is -0.610. The predicted octanol–water partition coefficient (Wildman–Crippen LogP) is -0.417. The molecule has 0 aliphatic carbocycles. The highest BCUT2D eigenvalue weighted by atomic mass is 16.5. The van der Waals surface area contributed by atoms with E-state index in [0.717, 1.165) is 26.2 Å². The molecule has 0 aromatic heterocycles. The smallest absolute Gasteiger partial charge is 0.231 e. The minimum atomic E-state index is -0.229. The summed E-state index contributed by atoms with van der Waals surface area (Å²) in [7, 11) is 0. The molecule has 2 heterocycles. The molecule has 2 aliphatic rings. The van der Waals surface area contributed by atoms with Gasteiger partial charge < -0.3 is 10.5 Å². The van der Waals surface area contributed by atoms with Crippen molar-refractivity contribution in [3.63, 3.8) is 0 Å². The summed E-state index contributed by atoms with van der Waals surface area (Å²) in [5.74, 6) is 0.403. The first-order valence-corrected chi connectivity index (χ1v) is 4.87. The molecular formula is C9H16N2O2. The first-order chi connectivity index (χ1) is 6.27. The van der Waals surface area contributed by atoms with E-state index < -0.39 is 0 Å². The molecule has 0 spiro atoms. The molecule has 2 N–H and O–H groups in total. The van der Waals surface area contributed by atoms with Crippen molar-refractivity contribution >= 4 is 5.91 Å². The minimum absolute atomic E-state index is 0.229. The van der Waals surface area contributed by atoms with Crippen LogP contribution < -0.4 is 5.73 Å². The summed E-state index contributed by atoms with van der Waals surface area (Å²) >= 11 is 0. The number of likely N-dealkylation sites (tertiary alicyclic amines) is 1. The molecule has 0 radical (unpaired) electrons. The zero-order valence-electron chi connectivity index (χ0n) is 7.74. The molecule has 13 heavy (non-hydrogen) atoms. The second-order valence-corrected chi connectivity index (χ2v) is 3.94. The number of carbonyl (C=O) groups excluding carboxylic acids is 1. The van der Waals surface area contributed by atoms with Crippen LogP contribution in [0.2, 0.25) is 0 Å². The first-order valence-electron chi connectivity index (χ1n) is 4.87. The number of nitrogens with two attached hydrogens (primary N) is 1. The zero-order chi connectivity index (χ0) is 9.26. The van der Waals surface area contributed by atoms with Crippen LogP contribution in [-0.2, 0) is 9.53 Å². The van der Waals surface area contributed by atoms with E-state index >= 15 is 0 Å². The van der Waals surface area contributed by atoms with Crippen molar-refractivity contribution in [2.75, 3.05) is 26.3 Å². The van der Waals surface area contributed by atoms with E-state index in [1.807, 2.05) is 0 Å². The highest BCUT2D eigenvalue weighted by molar-refractivity contribution is 5.76. The number of hydrogen-bond acceptors (Lipinski definition) is 3. The average molecular weight is 184 g/mol. The van der Waals surface area contributed by atoms with Gasteiger partial charge in [-0.2, -0.15) is 0 Å². The highest BCUT2D eigenvalue weighted by Gasteiger charge is 2.36. The summed E-state index contributed by atoms with van der Waals surface area (Å²) in [5, 5.41) is 0. The normalized spacial score (nSPS) is 34.5. The summed E-state index contributed by atoms with van der Waals surface area (Å²) in [5.41, 5.74) is 5.18. The van der Waals surface area contributed by atoms with Gasteiger partial charge in [-0.3, -0.25) is 9.69 Å². The molecule has 2 fully saturated rings. The predicted molar refractivity (Wildman–Crippen MR) is 48.1 cm³/mol. The molecule has 2 aliphatic heterocycles. The number of piperidine rings is 1. The molecular weight excluding hydrogens is 168 g/mol. The molecule has 0 bridgehead atoms. The Labute approximate surface area is 78.0 Å². The van der Waals surface area contributed by atoms with Gasteiger partial charge in [0.1, 0.15) is 0 Å². The topological polar surface area (TPSA) is 55.6 Å². The number of nitrogens with zero attached hydrogens (tertiary/aromatic N) is 1. The Morgan fingerprint density at radius 2 is 2.38 bits per heavy atom. The molecule has 2 atom stereocenters. The Kier molecular flexibility index (Phi) is 2.51. The fourth-order valence-corrected chi connectivity index (χ4v) is 2.39. The van der Waals surface area contributed by atoms with Crippen LogP contribution >= 0.6 is 0 Å². The molecule has 1 amide bonds. The lowest BCUT2D eigenvalue weighted by Gasteiger charge is -2.35. The van der Waals surface area contributed by atoms with E-state index in [-0.39, 0.29) is 5.91 Å². The van der Waals surface area contributed by atoms with Crippen LogP contribution in [0.15, 0.2) is 0 Å². The van der Waals surface area contributed by atoms with Crippen molar-refractivity contribution in [2.24, 2.45) is 11.7 Å². The van der Waals surface area contributed by atoms with Gasteiger partial charge in [0.2, 0.25) is 5.91 Å². The Balaban J connectivity index is 1.97. The number of rotatable bonds is 2. The number of amides is 1. The van der Waals surface area contributed by atoms with Gasteiger partial charge in [0.05, 0.1) is 19.8 Å². The fraction of sp³-hybridized carbons (Fsp3) is 0.889. The average Bonchev–Trinajstić information content (AvgIpc) is 2.51. The molecule has 0 saturated carbocycles. The number of hydrogen-bond donors (Lipinski definition) is 1. The Bertz CT molecular complexity index is 208. The summed E-state index contributed by atoms with van der Waals surface area (Å²) in [6.07, 6.45) is 2.40. The second kappa shape index (κ2) is 3.64. The maximum absolute atomic E-state index is 10.8. The van der Waals surface area contributed by atoms with Crippen molar-refractivity contribution in [1.82, 2.24) is 4.90 Å². The SMILES string of the molecule is NC(=O)CN1CCC[C@H]2COC[C@H]21. The molecule has 74 valence electrons. The van der Waals surface area contributed by atoms with Crippen molar-refractivity contribution in [3.05, 3.63) is 0 Å². The summed E-state index contributed by atoms with van der Waals surface area (Å²) < 4.78 is 5.41. The molecule has 2 rings (SSSR count). The fourth-order valence-electron chi connectivity index (χ4n) is 2.39. The van der Waals surface area contributed by atoms with E-state index in [4.69, 9.17) is 10.5 Å². The second-order valence-electron chi connectivity index (χ2n) is 3.94. The largest absolute Gasteiger partial charge is 0.379 e. The maximum Gasteiger partial charge on any atom is 0.231 e. The van der Waals surface area contributed by atoms with Gasteiger partial charge >= 0.3 is 0 Å². The first kappa shape index (κ1) is 8.97. The van der Waals surface area contributed by atoms with Gasteiger partial charge in [0.25, 0.3) is 0 Å². The van der Waals surface area contributed by atoms with E-state index in [2.05, 4.69) is 4.90 Å². The molecule has 0 aromatic rings. The lowest BCUT2D eigenvalue weighted by molar-refractivity contribution is -0.120. The van der Waals surface area contributed by atoms with Gasteiger partial charge in [0, 0.05) is 12.0 Å². The molecule has 4 heteroatoms. The lowest BCUT2D eigenvalue weighted by atomic mass is 9.92. The third-order valence-corrected chi connectivity index (χ3v) is 3.01. The molecule has 2 saturated heterocycles. The van der Waals surface area contributed by atoms with E-state index in [9.17, 15) is 4.79 Å². The van der Waals surface area contributed by atoms with Crippen molar-refractivity contribution in [3.8, 4) is 0 Å². The zero-order valence-corrected chi connectivity index (χ0v) is 7.74. The van der Waals surface area contributed by atoms with Crippen LogP contribution in [0, 0.1) is 5.92 Å². The van der Waals surface area contributed by atoms with Crippen molar-refractivity contribution in [1.29, 1.82) is 0 Å². The van der Waals surface area contributed by atoms with Gasteiger partial charge in [-0.15, -0.1) is 0 Å². The van der Waals surface area contributed by atoms with Gasteiger partial charge in [-0.1, -0.05) is 0 Å². The van der Waals surface area contributed by atoms with Gasteiger partial charge in [0.15, 0.2) is 0 Å². The highest BCUT2D eigenvalue weighted by Crippen LogP contribution is 2.28. The Morgan fingerprint density at radius 1 is 1.54 bits per heavy atom. The monoisotopic (exact) mass is 184 g/mol. The molecule has 0 unspecified atom stereocenters. The van der Waals surface area contributed by atoms with Crippen LogP contribution in [0.3, 0.4) is 0 Å². The number of carbonyl (C=O) groups is 1.